The molecule has 1 N–H and O–H groups in total. The first-order valence-electron chi connectivity index (χ1n) is 5.01. The van der Waals surface area contributed by atoms with Crippen LogP contribution in [0.25, 0.3) is 10.8 Å². The lowest BCUT2D eigenvalue weighted by molar-refractivity contribution is 0.199. The molecule has 0 aliphatic rings. The van der Waals surface area contributed by atoms with Gasteiger partial charge in [-0.1, -0.05) is 42.5 Å². The van der Waals surface area contributed by atoms with Crippen molar-refractivity contribution in [1.29, 1.82) is 0 Å². The normalized spacial score (nSPS) is 12.9. The number of halogens is 1. The van der Waals surface area contributed by atoms with Crippen molar-refractivity contribution < 1.29 is 5.11 Å². The van der Waals surface area contributed by atoms with E-state index in [-0.39, 0.29) is 5.88 Å². The molecule has 0 aliphatic heterocycles. The second-order valence-electron chi connectivity index (χ2n) is 3.69. The zero-order valence-electron chi connectivity index (χ0n) is 8.36. The molecule has 1 nitrogen and oxygen atoms in total. The fourth-order valence-corrected chi connectivity index (χ4v) is 1.80. The number of aliphatic hydroxyl groups is 1. The van der Waals surface area contributed by atoms with E-state index < -0.39 is 6.10 Å². The smallest absolute Gasteiger partial charge is 0.0715 e. The molecule has 1 atom stereocenters. The highest BCUT2D eigenvalue weighted by atomic mass is 35.5. The average molecular weight is 221 g/mol. The maximum Gasteiger partial charge on any atom is 0.0715 e. The van der Waals surface area contributed by atoms with Crippen molar-refractivity contribution in [3.63, 3.8) is 0 Å². The van der Waals surface area contributed by atoms with E-state index in [1.54, 1.807) is 0 Å². The Morgan fingerprint density at radius 1 is 1.07 bits per heavy atom. The zero-order chi connectivity index (χ0) is 10.7. The van der Waals surface area contributed by atoms with Crippen molar-refractivity contribution in [1.82, 2.24) is 0 Å². The molecule has 0 aromatic heterocycles. The van der Waals surface area contributed by atoms with Gasteiger partial charge in [-0.3, -0.25) is 0 Å². The Balaban J connectivity index is 2.30. The molecular weight excluding hydrogens is 208 g/mol. The predicted molar refractivity (Wildman–Crippen MR) is 64.4 cm³/mol. The third kappa shape index (κ3) is 2.49. The van der Waals surface area contributed by atoms with Crippen LogP contribution >= 0.6 is 11.6 Å². The molecule has 15 heavy (non-hydrogen) atoms. The van der Waals surface area contributed by atoms with Gasteiger partial charge < -0.3 is 5.11 Å². The molecule has 78 valence electrons. The molecule has 0 amide bonds. The summed E-state index contributed by atoms with van der Waals surface area (Å²) in [7, 11) is 0. The second kappa shape index (κ2) is 4.65. The maximum absolute atomic E-state index is 9.45. The van der Waals surface area contributed by atoms with Crippen LogP contribution in [0.1, 0.15) is 5.56 Å². The fraction of sp³-hybridized carbons (Fsp3) is 0.231. The molecule has 0 heterocycles. The summed E-state index contributed by atoms with van der Waals surface area (Å²) in [6.07, 6.45) is 0.168. The van der Waals surface area contributed by atoms with Gasteiger partial charge in [0.1, 0.15) is 0 Å². The molecule has 0 bridgehead atoms. The molecular formula is C13H13ClO. The van der Waals surface area contributed by atoms with Crippen molar-refractivity contribution >= 4 is 22.4 Å². The highest BCUT2D eigenvalue weighted by molar-refractivity contribution is 6.18. The minimum Gasteiger partial charge on any atom is -0.392 e. The molecule has 0 unspecified atom stereocenters. The van der Waals surface area contributed by atoms with Gasteiger partial charge in [0.25, 0.3) is 0 Å². The molecule has 0 saturated carbocycles. The van der Waals surface area contributed by atoms with Gasteiger partial charge in [-0.2, -0.15) is 0 Å². The van der Waals surface area contributed by atoms with E-state index >= 15 is 0 Å². The van der Waals surface area contributed by atoms with Gasteiger partial charge in [0, 0.05) is 5.88 Å². The van der Waals surface area contributed by atoms with Crippen LogP contribution in [0.4, 0.5) is 0 Å². The number of aliphatic hydroxyl groups excluding tert-OH is 1. The molecule has 2 rings (SSSR count). The summed E-state index contributed by atoms with van der Waals surface area (Å²) in [6, 6.07) is 14.4. The first-order valence-corrected chi connectivity index (χ1v) is 5.55. The Kier molecular flexibility index (Phi) is 3.24. The van der Waals surface area contributed by atoms with Crippen molar-refractivity contribution in [3.8, 4) is 0 Å². The number of fused-ring (bicyclic) bond motifs is 1. The van der Waals surface area contributed by atoms with Crippen molar-refractivity contribution in [3.05, 3.63) is 48.0 Å². The van der Waals surface area contributed by atoms with Crippen LogP contribution < -0.4 is 0 Å². The van der Waals surface area contributed by atoms with Gasteiger partial charge in [0.05, 0.1) is 6.10 Å². The number of rotatable bonds is 3. The van der Waals surface area contributed by atoms with Crippen molar-refractivity contribution in [2.45, 2.75) is 12.5 Å². The maximum atomic E-state index is 9.45. The summed E-state index contributed by atoms with van der Waals surface area (Å²) >= 11 is 5.57. The van der Waals surface area contributed by atoms with Crippen LogP contribution in [0.15, 0.2) is 42.5 Å². The van der Waals surface area contributed by atoms with E-state index in [2.05, 4.69) is 24.3 Å². The van der Waals surface area contributed by atoms with Gasteiger partial charge in [0.15, 0.2) is 0 Å². The summed E-state index contributed by atoms with van der Waals surface area (Å²) < 4.78 is 0. The standard InChI is InChI=1S/C13H13ClO/c14-9-13(15)8-10-5-6-11-3-1-2-4-12(11)7-10/h1-7,13,15H,8-9H2/t13-/m0/s1. The highest BCUT2D eigenvalue weighted by Gasteiger charge is 2.03. The van der Waals surface area contributed by atoms with Crippen molar-refractivity contribution in [2.75, 3.05) is 5.88 Å². The SMILES string of the molecule is O[C@H](CCl)Cc1ccc2ccccc2c1. The summed E-state index contributed by atoms with van der Waals surface area (Å²) in [5.74, 6) is 0.285. The van der Waals surface area contributed by atoms with Crippen LogP contribution in [-0.2, 0) is 6.42 Å². The first-order chi connectivity index (χ1) is 7.29. The molecule has 0 saturated heterocycles. The molecule has 0 spiro atoms. The van der Waals surface area contributed by atoms with Crippen molar-refractivity contribution in [2.24, 2.45) is 0 Å². The Morgan fingerprint density at radius 3 is 2.53 bits per heavy atom. The van der Waals surface area contributed by atoms with E-state index in [9.17, 15) is 5.11 Å². The average Bonchev–Trinajstić information content (AvgIpc) is 2.29. The molecule has 0 aliphatic carbocycles. The van der Waals surface area contributed by atoms with Crippen LogP contribution in [0, 0.1) is 0 Å². The van der Waals surface area contributed by atoms with E-state index in [1.165, 1.54) is 10.8 Å². The summed E-state index contributed by atoms with van der Waals surface area (Å²) in [5.41, 5.74) is 1.13. The Bertz CT molecular complexity index is 453. The van der Waals surface area contributed by atoms with E-state index in [4.69, 9.17) is 11.6 Å². The Labute approximate surface area is 94.3 Å². The molecule has 0 radical (unpaired) electrons. The van der Waals surface area contributed by atoms with E-state index in [0.717, 1.165) is 5.56 Å². The summed E-state index contributed by atoms with van der Waals surface area (Å²) in [4.78, 5) is 0. The lowest BCUT2D eigenvalue weighted by Crippen LogP contribution is -2.11. The Morgan fingerprint density at radius 2 is 1.80 bits per heavy atom. The Hall–Kier alpha value is -1.05. The zero-order valence-corrected chi connectivity index (χ0v) is 9.11. The van der Waals surface area contributed by atoms with Gasteiger partial charge in [0.2, 0.25) is 0 Å². The number of hydrogen-bond acceptors (Lipinski definition) is 1. The first kappa shape index (κ1) is 10.5. The minimum absolute atomic E-state index is 0.285. The highest BCUT2D eigenvalue weighted by Crippen LogP contribution is 2.16. The monoisotopic (exact) mass is 220 g/mol. The third-order valence-corrected chi connectivity index (χ3v) is 2.82. The summed E-state index contributed by atoms with van der Waals surface area (Å²) in [5, 5.41) is 11.9. The lowest BCUT2D eigenvalue weighted by Gasteiger charge is -2.07. The number of hydrogen-bond donors (Lipinski definition) is 1. The van der Waals surface area contributed by atoms with Crippen LogP contribution in [0.5, 0.6) is 0 Å². The van der Waals surface area contributed by atoms with Gasteiger partial charge in [-0.05, 0) is 22.8 Å². The largest absolute Gasteiger partial charge is 0.392 e. The molecule has 2 aromatic rings. The van der Waals surface area contributed by atoms with E-state index in [0.29, 0.717) is 6.42 Å². The van der Waals surface area contributed by atoms with Crippen LogP contribution in [0.3, 0.4) is 0 Å². The number of alkyl halides is 1. The molecule has 0 fully saturated rings. The quantitative estimate of drug-likeness (QED) is 0.789. The fourth-order valence-electron chi connectivity index (χ4n) is 1.69. The van der Waals surface area contributed by atoms with E-state index in [1.807, 2.05) is 18.2 Å². The molecule has 2 heteroatoms. The lowest BCUT2D eigenvalue weighted by atomic mass is 10.0. The third-order valence-electron chi connectivity index (χ3n) is 2.46. The van der Waals surface area contributed by atoms with Crippen LogP contribution in [-0.4, -0.2) is 17.1 Å². The minimum atomic E-state index is -0.451. The summed E-state index contributed by atoms with van der Waals surface area (Å²) in [6.45, 7) is 0. The van der Waals surface area contributed by atoms with Gasteiger partial charge >= 0.3 is 0 Å². The number of benzene rings is 2. The molecule has 2 aromatic carbocycles. The predicted octanol–water partition coefficient (Wildman–Crippen LogP) is 2.98. The topological polar surface area (TPSA) is 20.2 Å². The van der Waals surface area contributed by atoms with Crippen LogP contribution in [0.2, 0.25) is 0 Å². The van der Waals surface area contributed by atoms with Gasteiger partial charge in [-0.15, -0.1) is 11.6 Å². The van der Waals surface area contributed by atoms with Gasteiger partial charge in [-0.25, -0.2) is 0 Å². The second-order valence-corrected chi connectivity index (χ2v) is 4.00.